The van der Waals surface area contributed by atoms with E-state index in [1.54, 1.807) is 25.7 Å². The lowest BCUT2D eigenvalue weighted by molar-refractivity contribution is -0.385. The summed E-state index contributed by atoms with van der Waals surface area (Å²) in [5.74, 6) is 0.117. The molecule has 138 valence electrons. The van der Waals surface area contributed by atoms with Crippen LogP contribution >= 0.6 is 0 Å². The van der Waals surface area contributed by atoms with Crippen molar-refractivity contribution in [2.75, 3.05) is 6.54 Å². The van der Waals surface area contributed by atoms with Gasteiger partial charge in [-0.1, -0.05) is 0 Å². The van der Waals surface area contributed by atoms with E-state index in [4.69, 9.17) is 4.74 Å². The second-order valence-electron chi connectivity index (χ2n) is 7.06. The van der Waals surface area contributed by atoms with Gasteiger partial charge in [0, 0.05) is 37.6 Å². The summed E-state index contributed by atoms with van der Waals surface area (Å²) in [6.45, 7) is 7.19. The molecule has 0 spiro atoms. The van der Waals surface area contributed by atoms with Gasteiger partial charge in [0.05, 0.1) is 16.3 Å². The van der Waals surface area contributed by atoms with Gasteiger partial charge >= 0.3 is 0 Å². The minimum absolute atomic E-state index is 0.0735. The van der Waals surface area contributed by atoms with Crippen LogP contribution in [0, 0.1) is 17.0 Å². The Bertz CT molecular complexity index is 857. The number of hydrogen-bond acceptors (Lipinski definition) is 5. The van der Waals surface area contributed by atoms with Crippen LogP contribution in [-0.2, 0) is 9.59 Å². The molecule has 3 rings (SSSR count). The summed E-state index contributed by atoms with van der Waals surface area (Å²) in [5.41, 5.74) is 0.991. The molecule has 8 nitrogen and oxygen atoms in total. The Balaban J connectivity index is 2.33. The average molecular weight is 359 g/mol. The molecule has 2 heterocycles. The van der Waals surface area contributed by atoms with Gasteiger partial charge in [-0.15, -0.1) is 0 Å². The zero-order valence-corrected chi connectivity index (χ0v) is 15.2. The van der Waals surface area contributed by atoms with Crippen molar-refractivity contribution in [1.82, 2.24) is 10.2 Å². The summed E-state index contributed by atoms with van der Waals surface area (Å²) < 4.78 is 6.09. The number of non-ortho nitro benzene ring substituents is 1. The maximum atomic E-state index is 12.4. The standard InChI is InChI=1S/C18H21N3O5/c1-10-8-12(21(24)25)9-13-15(20-7-5-6-14(20)23)17(19-11(2)22)18(3,4)26-16(10)13/h8-9H,5-7H2,1-4H3,(H,19,22). The smallest absolute Gasteiger partial charge is 0.270 e. The molecule has 0 radical (unpaired) electrons. The van der Waals surface area contributed by atoms with Crippen LogP contribution in [0.5, 0.6) is 5.75 Å². The molecule has 2 aliphatic rings. The fourth-order valence-electron chi connectivity index (χ4n) is 3.45. The molecule has 26 heavy (non-hydrogen) atoms. The fourth-order valence-corrected chi connectivity index (χ4v) is 3.45. The van der Waals surface area contributed by atoms with E-state index < -0.39 is 10.5 Å². The van der Waals surface area contributed by atoms with Crippen LogP contribution in [-0.4, -0.2) is 33.8 Å². The number of likely N-dealkylation sites (tertiary alicyclic amines) is 1. The molecule has 1 aromatic carbocycles. The second kappa shape index (κ2) is 6.12. The molecule has 2 aliphatic heterocycles. The summed E-state index contributed by atoms with van der Waals surface area (Å²) in [7, 11) is 0. The normalized spacial score (nSPS) is 18.5. The minimum Gasteiger partial charge on any atom is -0.481 e. The zero-order chi connectivity index (χ0) is 19.2. The van der Waals surface area contributed by atoms with Crippen LogP contribution in [0.2, 0.25) is 0 Å². The first kappa shape index (κ1) is 17.9. The minimum atomic E-state index is -0.905. The Morgan fingerprint density at radius 3 is 2.62 bits per heavy atom. The molecule has 0 aliphatic carbocycles. The Hall–Kier alpha value is -2.90. The van der Waals surface area contributed by atoms with Gasteiger partial charge in [0.25, 0.3) is 5.69 Å². The van der Waals surface area contributed by atoms with Crippen molar-refractivity contribution in [3.05, 3.63) is 39.1 Å². The maximum Gasteiger partial charge on any atom is 0.270 e. The van der Waals surface area contributed by atoms with Crippen molar-refractivity contribution in [2.45, 2.75) is 46.1 Å². The molecule has 1 saturated heterocycles. The van der Waals surface area contributed by atoms with Crippen molar-refractivity contribution < 1.29 is 19.2 Å². The predicted octanol–water partition coefficient (Wildman–Crippen LogP) is 2.50. The van der Waals surface area contributed by atoms with E-state index in [-0.39, 0.29) is 17.5 Å². The van der Waals surface area contributed by atoms with Crippen LogP contribution in [0.15, 0.2) is 17.8 Å². The number of rotatable bonds is 3. The molecule has 1 N–H and O–H groups in total. The van der Waals surface area contributed by atoms with Crippen molar-refractivity contribution in [3.63, 3.8) is 0 Å². The monoisotopic (exact) mass is 359 g/mol. The molecule has 8 heteroatoms. The number of fused-ring (bicyclic) bond motifs is 1. The van der Waals surface area contributed by atoms with E-state index in [1.165, 1.54) is 19.1 Å². The Morgan fingerprint density at radius 2 is 2.08 bits per heavy atom. The zero-order valence-electron chi connectivity index (χ0n) is 15.2. The van der Waals surface area contributed by atoms with Crippen LogP contribution in [0.3, 0.4) is 0 Å². The van der Waals surface area contributed by atoms with E-state index in [9.17, 15) is 19.7 Å². The van der Waals surface area contributed by atoms with E-state index in [2.05, 4.69) is 5.32 Å². The highest BCUT2D eigenvalue weighted by molar-refractivity contribution is 5.93. The summed E-state index contributed by atoms with van der Waals surface area (Å²) in [6.07, 6.45) is 1.10. The van der Waals surface area contributed by atoms with E-state index >= 15 is 0 Å². The molecular formula is C18H21N3O5. The molecule has 0 unspecified atom stereocenters. The highest BCUT2D eigenvalue weighted by Gasteiger charge is 2.41. The van der Waals surface area contributed by atoms with Crippen LogP contribution < -0.4 is 10.1 Å². The molecular weight excluding hydrogens is 338 g/mol. The van der Waals surface area contributed by atoms with Gasteiger partial charge in [-0.3, -0.25) is 19.7 Å². The number of hydrogen-bond donors (Lipinski definition) is 1. The second-order valence-corrected chi connectivity index (χ2v) is 7.06. The van der Waals surface area contributed by atoms with Gasteiger partial charge < -0.3 is 15.0 Å². The summed E-state index contributed by atoms with van der Waals surface area (Å²) in [5, 5.41) is 14.1. The largest absolute Gasteiger partial charge is 0.481 e. The number of nitrogens with zero attached hydrogens (tertiary/aromatic N) is 2. The number of aryl methyl sites for hydroxylation is 1. The third-order valence-electron chi connectivity index (χ3n) is 4.57. The summed E-state index contributed by atoms with van der Waals surface area (Å²) in [6, 6.07) is 2.85. The number of nitrogens with one attached hydrogen (secondary N) is 1. The first-order chi connectivity index (χ1) is 12.1. The SMILES string of the molecule is CC(=O)NC1=C(N2CCCC2=O)c2cc([N+](=O)[O-])cc(C)c2OC1(C)C. The third kappa shape index (κ3) is 2.91. The fraction of sp³-hybridized carbons (Fsp3) is 0.444. The van der Waals surface area contributed by atoms with Crippen LogP contribution in [0.25, 0.3) is 5.70 Å². The van der Waals surface area contributed by atoms with Crippen LogP contribution in [0.1, 0.15) is 44.7 Å². The quantitative estimate of drug-likeness (QED) is 0.660. The van der Waals surface area contributed by atoms with E-state index in [1.807, 2.05) is 0 Å². The molecule has 2 amide bonds. The topological polar surface area (TPSA) is 102 Å². The van der Waals surface area contributed by atoms with Gasteiger partial charge in [0.15, 0.2) is 0 Å². The first-order valence-electron chi connectivity index (χ1n) is 8.43. The number of carbonyl (C=O) groups excluding carboxylic acids is 2. The Labute approximate surface area is 151 Å². The maximum absolute atomic E-state index is 12.4. The molecule has 0 atom stereocenters. The van der Waals surface area contributed by atoms with Crippen molar-refractivity contribution in [1.29, 1.82) is 0 Å². The lowest BCUT2D eigenvalue weighted by Gasteiger charge is -2.39. The molecule has 0 saturated carbocycles. The number of carbonyl (C=O) groups is 2. The highest BCUT2D eigenvalue weighted by atomic mass is 16.6. The number of nitro groups is 1. The lowest BCUT2D eigenvalue weighted by atomic mass is 9.92. The number of benzene rings is 1. The number of amides is 2. The summed E-state index contributed by atoms with van der Waals surface area (Å²) >= 11 is 0. The molecule has 1 aromatic rings. The van der Waals surface area contributed by atoms with E-state index in [0.717, 1.165) is 0 Å². The lowest BCUT2D eigenvalue weighted by Crippen LogP contribution is -2.45. The van der Waals surface area contributed by atoms with Crippen molar-refractivity contribution in [3.8, 4) is 5.75 Å². The van der Waals surface area contributed by atoms with Gasteiger partial charge in [-0.05, 0) is 32.8 Å². The molecule has 0 aromatic heterocycles. The summed E-state index contributed by atoms with van der Waals surface area (Å²) in [4.78, 5) is 36.7. The van der Waals surface area contributed by atoms with Gasteiger partial charge in [-0.25, -0.2) is 0 Å². The highest BCUT2D eigenvalue weighted by Crippen LogP contribution is 2.45. The number of ether oxygens (including phenoxy) is 1. The van der Waals surface area contributed by atoms with Crippen molar-refractivity contribution in [2.24, 2.45) is 0 Å². The molecule has 0 bridgehead atoms. The van der Waals surface area contributed by atoms with Crippen molar-refractivity contribution >= 4 is 23.2 Å². The van der Waals surface area contributed by atoms with Crippen LogP contribution in [0.4, 0.5) is 5.69 Å². The number of nitro benzene ring substituents is 1. The molecule has 1 fully saturated rings. The van der Waals surface area contributed by atoms with Gasteiger partial charge in [0.2, 0.25) is 11.8 Å². The van der Waals surface area contributed by atoms with Gasteiger partial charge in [0.1, 0.15) is 11.4 Å². The van der Waals surface area contributed by atoms with E-state index in [0.29, 0.717) is 47.7 Å². The van der Waals surface area contributed by atoms with Gasteiger partial charge in [-0.2, -0.15) is 0 Å². The Morgan fingerprint density at radius 1 is 1.38 bits per heavy atom. The average Bonchev–Trinajstić information content (AvgIpc) is 2.94. The first-order valence-corrected chi connectivity index (χ1v) is 8.43. The third-order valence-corrected chi connectivity index (χ3v) is 4.57. The predicted molar refractivity (Wildman–Crippen MR) is 94.2 cm³/mol. The Kier molecular flexibility index (Phi) is 4.21.